The van der Waals surface area contributed by atoms with Crippen molar-refractivity contribution in [2.45, 2.75) is 0 Å². The van der Waals surface area contributed by atoms with Crippen molar-refractivity contribution in [2.24, 2.45) is 0 Å². The number of aromatic nitrogens is 1. The van der Waals surface area contributed by atoms with Crippen LogP contribution < -0.4 is 9.64 Å². The Hall–Kier alpha value is -6.84. The minimum Gasteiger partial charge on any atom is -0.453 e. The molecule has 0 fully saturated rings. The molecule has 3 heteroatoms. The van der Waals surface area contributed by atoms with Crippen LogP contribution >= 0.6 is 0 Å². The second-order valence-corrected chi connectivity index (χ2v) is 13.0. The molecular formula is C48H32N2O. The van der Waals surface area contributed by atoms with Gasteiger partial charge < -0.3 is 14.2 Å². The molecule has 10 rings (SSSR count). The lowest BCUT2D eigenvalue weighted by Gasteiger charge is -2.26. The number of ether oxygens (including phenoxy) is 1. The average molecular weight is 653 g/mol. The van der Waals surface area contributed by atoms with Crippen molar-refractivity contribution >= 4 is 38.9 Å². The monoisotopic (exact) mass is 652 g/mol. The number of hydrogen-bond acceptors (Lipinski definition) is 2. The van der Waals surface area contributed by atoms with E-state index in [1.165, 1.54) is 44.1 Å². The van der Waals surface area contributed by atoms with Crippen molar-refractivity contribution < 1.29 is 4.74 Å². The van der Waals surface area contributed by atoms with Crippen molar-refractivity contribution in [3.8, 4) is 50.6 Å². The van der Waals surface area contributed by atoms with Gasteiger partial charge >= 0.3 is 0 Å². The molecule has 0 amide bonds. The molecule has 1 aliphatic rings. The predicted octanol–water partition coefficient (Wildman–Crippen LogP) is 13.4. The third-order valence-electron chi connectivity index (χ3n) is 10.0. The van der Waals surface area contributed by atoms with Crippen LogP contribution in [-0.2, 0) is 0 Å². The highest BCUT2D eigenvalue weighted by atomic mass is 16.5. The number of hydrogen-bond donors (Lipinski definition) is 0. The van der Waals surface area contributed by atoms with Gasteiger partial charge in [-0.05, 0) is 100 Å². The lowest BCUT2D eigenvalue weighted by molar-refractivity contribution is 0.476. The van der Waals surface area contributed by atoms with Crippen LogP contribution in [0.2, 0.25) is 0 Å². The van der Waals surface area contributed by atoms with Gasteiger partial charge in [-0.25, -0.2) is 0 Å². The molecule has 9 aromatic rings. The minimum absolute atomic E-state index is 0.874. The largest absolute Gasteiger partial charge is 0.453 e. The average Bonchev–Trinajstić information content (AvgIpc) is 3.56. The van der Waals surface area contributed by atoms with Gasteiger partial charge in [0.15, 0.2) is 11.5 Å². The van der Waals surface area contributed by atoms with Crippen LogP contribution in [0.3, 0.4) is 0 Å². The van der Waals surface area contributed by atoms with Gasteiger partial charge in [0.2, 0.25) is 0 Å². The van der Waals surface area contributed by atoms with Crippen molar-refractivity contribution in [3.63, 3.8) is 0 Å². The van der Waals surface area contributed by atoms with Gasteiger partial charge in [0, 0.05) is 27.8 Å². The summed E-state index contributed by atoms with van der Waals surface area (Å²) >= 11 is 0. The number of nitrogens with zero attached hydrogens (tertiary/aromatic N) is 2. The highest BCUT2D eigenvalue weighted by Crippen LogP contribution is 2.48. The molecule has 2 heterocycles. The molecular weight excluding hydrogens is 621 g/mol. The lowest BCUT2D eigenvalue weighted by Crippen LogP contribution is -2.09. The Kier molecular flexibility index (Phi) is 6.81. The zero-order chi connectivity index (χ0) is 33.7. The summed E-state index contributed by atoms with van der Waals surface area (Å²) in [6.45, 7) is 0. The van der Waals surface area contributed by atoms with E-state index in [4.69, 9.17) is 4.74 Å². The van der Waals surface area contributed by atoms with Gasteiger partial charge in [0.25, 0.3) is 0 Å². The van der Waals surface area contributed by atoms with Crippen LogP contribution in [0.1, 0.15) is 0 Å². The molecule has 0 unspecified atom stereocenters. The van der Waals surface area contributed by atoms with E-state index in [1.807, 2.05) is 12.1 Å². The van der Waals surface area contributed by atoms with Crippen molar-refractivity contribution in [1.82, 2.24) is 4.57 Å². The molecule has 0 radical (unpaired) electrons. The topological polar surface area (TPSA) is 17.4 Å². The molecule has 0 bridgehead atoms. The summed E-state index contributed by atoms with van der Waals surface area (Å²) in [7, 11) is 0. The molecule has 1 aromatic heterocycles. The van der Waals surface area contributed by atoms with Crippen molar-refractivity contribution in [2.75, 3.05) is 4.90 Å². The fourth-order valence-corrected chi connectivity index (χ4v) is 7.59. The quantitative estimate of drug-likeness (QED) is 0.178. The maximum Gasteiger partial charge on any atom is 0.152 e. The molecule has 0 aliphatic carbocycles. The van der Waals surface area contributed by atoms with Gasteiger partial charge in [-0.1, -0.05) is 127 Å². The van der Waals surface area contributed by atoms with Crippen LogP contribution in [0.25, 0.3) is 60.9 Å². The van der Waals surface area contributed by atoms with Crippen LogP contribution in [0.5, 0.6) is 11.5 Å². The maximum absolute atomic E-state index is 6.46. The smallest absolute Gasteiger partial charge is 0.152 e. The second kappa shape index (κ2) is 11.9. The van der Waals surface area contributed by atoms with Gasteiger partial charge in [0.1, 0.15) is 0 Å². The Morgan fingerprint density at radius 1 is 0.373 bits per heavy atom. The number of fused-ring (bicyclic) bond motifs is 5. The molecule has 0 spiro atoms. The summed E-state index contributed by atoms with van der Waals surface area (Å²) in [6.07, 6.45) is 0. The molecule has 240 valence electrons. The number of para-hydroxylation sites is 3. The van der Waals surface area contributed by atoms with Gasteiger partial charge in [-0.3, -0.25) is 0 Å². The van der Waals surface area contributed by atoms with E-state index in [1.54, 1.807) is 0 Å². The molecule has 1 aliphatic heterocycles. The first-order valence-electron chi connectivity index (χ1n) is 17.4. The Morgan fingerprint density at radius 2 is 0.863 bits per heavy atom. The summed E-state index contributed by atoms with van der Waals surface area (Å²) in [5.41, 5.74) is 13.8. The molecule has 51 heavy (non-hydrogen) atoms. The van der Waals surface area contributed by atoms with E-state index in [2.05, 4.69) is 191 Å². The SMILES string of the molecule is c1ccc(-c2ccc(N(c3ccc(-c4ccccc4)cc3)c3ccc(-c4ccc5c6c4c4ccccc4n6-c4ccccc4O5)cc3)cc2)cc1. The third kappa shape index (κ3) is 4.90. The molecule has 3 nitrogen and oxygen atoms in total. The van der Waals surface area contributed by atoms with Crippen LogP contribution in [-0.4, -0.2) is 4.57 Å². The van der Waals surface area contributed by atoms with E-state index in [0.29, 0.717) is 0 Å². The van der Waals surface area contributed by atoms with Gasteiger partial charge in [0.05, 0.1) is 16.7 Å². The Bertz CT molecular complexity index is 2590. The second-order valence-electron chi connectivity index (χ2n) is 13.0. The summed E-state index contributed by atoms with van der Waals surface area (Å²) < 4.78 is 8.82. The molecule has 8 aromatic carbocycles. The van der Waals surface area contributed by atoms with E-state index in [0.717, 1.165) is 45.3 Å². The Balaban J connectivity index is 1.08. The first-order valence-corrected chi connectivity index (χ1v) is 17.4. The normalized spacial score (nSPS) is 11.7. The summed E-state index contributed by atoms with van der Waals surface area (Å²) in [5.74, 6) is 1.75. The number of rotatable bonds is 6. The fraction of sp³-hybridized carbons (Fsp3) is 0. The first kappa shape index (κ1) is 29.1. The van der Waals surface area contributed by atoms with Gasteiger partial charge in [-0.15, -0.1) is 0 Å². The fourth-order valence-electron chi connectivity index (χ4n) is 7.59. The highest BCUT2D eigenvalue weighted by Gasteiger charge is 2.25. The Labute approximate surface area is 296 Å². The summed E-state index contributed by atoms with van der Waals surface area (Å²) in [6, 6.07) is 69.1. The highest BCUT2D eigenvalue weighted by molar-refractivity contribution is 6.18. The molecule has 0 saturated carbocycles. The maximum atomic E-state index is 6.46. The predicted molar refractivity (Wildman–Crippen MR) is 212 cm³/mol. The molecule has 0 N–H and O–H groups in total. The lowest BCUT2D eigenvalue weighted by atomic mass is 9.98. The van der Waals surface area contributed by atoms with Crippen LogP contribution in [0.4, 0.5) is 17.1 Å². The Morgan fingerprint density at radius 3 is 1.47 bits per heavy atom. The standard InChI is InChI=1S/C48H32N2O/c1-3-11-33(12-4-1)35-19-25-38(26-20-35)49(39-27-21-36(22-28-39)34-13-5-2-6-14-34)40-29-23-37(24-30-40)41-31-32-46-48-47(41)42-15-7-8-16-43(42)50(48)44-17-9-10-18-45(44)51-46/h1-32H. The van der Waals surface area contributed by atoms with E-state index >= 15 is 0 Å². The van der Waals surface area contributed by atoms with Crippen LogP contribution in [0.15, 0.2) is 194 Å². The first-order chi connectivity index (χ1) is 25.3. The molecule has 0 saturated heterocycles. The minimum atomic E-state index is 0.874. The van der Waals surface area contributed by atoms with Gasteiger partial charge in [-0.2, -0.15) is 0 Å². The molecule has 0 atom stereocenters. The van der Waals surface area contributed by atoms with Crippen molar-refractivity contribution in [3.05, 3.63) is 194 Å². The summed E-state index contributed by atoms with van der Waals surface area (Å²) in [4.78, 5) is 2.33. The number of anilines is 3. The van der Waals surface area contributed by atoms with E-state index in [-0.39, 0.29) is 0 Å². The van der Waals surface area contributed by atoms with Crippen molar-refractivity contribution in [1.29, 1.82) is 0 Å². The zero-order valence-corrected chi connectivity index (χ0v) is 27.8. The van der Waals surface area contributed by atoms with E-state index < -0.39 is 0 Å². The van der Waals surface area contributed by atoms with Crippen LogP contribution in [0, 0.1) is 0 Å². The summed E-state index contributed by atoms with van der Waals surface area (Å²) in [5, 5.41) is 2.42. The number of benzene rings is 8. The third-order valence-corrected chi connectivity index (χ3v) is 10.0. The zero-order valence-electron chi connectivity index (χ0n) is 27.8. The van der Waals surface area contributed by atoms with E-state index in [9.17, 15) is 0 Å².